The van der Waals surface area contributed by atoms with Crippen molar-refractivity contribution in [1.82, 2.24) is 0 Å². The average Bonchev–Trinajstić information content (AvgIpc) is 2.63. The predicted molar refractivity (Wildman–Crippen MR) is 116 cm³/mol. The van der Waals surface area contributed by atoms with Gasteiger partial charge in [0.2, 0.25) is 0 Å². The molecule has 1 saturated carbocycles. The molecule has 0 saturated heterocycles. The fourth-order valence-corrected chi connectivity index (χ4v) is 4.85. The molecule has 0 amide bonds. The van der Waals surface area contributed by atoms with E-state index in [1.165, 1.54) is 0 Å². The molecule has 3 aliphatic rings. The molecule has 3 rings (SSSR count). The molecular formula is C25H34O6. The highest BCUT2D eigenvalue weighted by Gasteiger charge is 2.55. The van der Waals surface area contributed by atoms with Crippen LogP contribution in [0.4, 0.5) is 0 Å². The summed E-state index contributed by atoms with van der Waals surface area (Å²) in [5.41, 5.74) is -0.0892. The van der Waals surface area contributed by atoms with Crippen LogP contribution in [-0.2, 0) is 23.9 Å². The molecule has 3 atom stereocenters. The third-order valence-electron chi connectivity index (χ3n) is 6.59. The van der Waals surface area contributed by atoms with Crippen molar-refractivity contribution in [1.29, 1.82) is 0 Å². The number of carbonyl (C=O) groups is 3. The zero-order valence-electron chi connectivity index (χ0n) is 19.6. The van der Waals surface area contributed by atoms with Crippen LogP contribution in [0.5, 0.6) is 0 Å². The van der Waals surface area contributed by atoms with Gasteiger partial charge in [-0.15, -0.1) is 0 Å². The lowest BCUT2D eigenvalue weighted by Crippen LogP contribution is -2.52. The molecule has 1 heterocycles. The van der Waals surface area contributed by atoms with E-state index >= 15 is 0 Å². The predicted octanol–water partition coefficient (Wildman–Crippen LogP) is 4.18. The quantitative estimate of drug-likeness (QED) is 0.400. The highest BCUT2D eigenvalue weighted by molar-refractivity contribution is 6.24. The van der Waals surface area contributed by atoms with Gasteiger partial charge in [0.15, 0.2) is 17.3 Å². The van der Waals surface area contributed by atoms with E-state index in [1.807, 2.05) is 26.8 Å². The lowest BCUT2D eigenvalue weighted by atomic mass is 9.61. The van der Waals surface area contributed by atoms with Crippen LogP contribution in [-0.4, -0.2) is 33.8 Å². The molecule has 2 aliphatic carbocycles. The van der Waals surface area contributed by atoms with Crippen LogP contribution in [0.3, 0.4) is 0 Å². The Morgan fingerprint density at radius 1 is 1.29 bits per heavy atom. The van der Waals surface area contributed by atoms with E-state index in [1.54, 1.807) is 27.7 Å². The standard InChI is InChI=1S/C25H34O6/c1-13(2)8-9-15-19(26)18-16-12-25(7,11-10-17(16)24(5,6)29)31-22(18)20(27)21(15)30-23(28)14(3)4/h8,14,16-17,29H,9-12H2,1-7H3/t16-,17+,25-/m0/s1. The first-order chi connectivity index (χ1) is 14.2. The maximum atomic E-state index is 13.7. The summed E-state index contributed by atoms with van der Waals surface area (Å²) in [6.45, 7) is 12.6. The average molecular weight is 431 g/mol. The number of aliphatic hydroxyl groups is 1. The molecule has 6 nitrogen and oxygen atoms in total. The molecule has 0 aromatic carbocycles. The fraction of sp³-hybridized carbons (Fsp3) is 0.640. The maximum absolute atomic E-state index is 13.7. The summed E-state index contributed by atoms with van der Waals surface area (Å²) in [6.07, 6.45) is 3.98. The number of fused-ring (bicyclic) bond motifs is 3. The Balaban J connectivity index is 2.13. The van der Waals surface area contributed by atoms with E-state index in [2.05, 4.69) is 0 Å². The Kier molecular flexibility index (Phi) is 6.09. The molecule has 1 aliphatic heterocycles. The number of ether oxygens (including phenoxy) is 2. The monoisotopic (exact) mass is 430 g/mol. The first-order valence-electron chi connectivity index (χ1n) is 11.1. The summed E-state index contributed by atoms with van der Waals surface area (Å²) in [5, 5.41) is 10.8. The Bertz CT molecular complexity index is 907. The number of Topliss-reactive ketones (excluding diaryl/α,β-unsaturated/α-hetero) is 2. The van der Waals surface area contributed by atoms with Crippen LogP contribution in [0.15, 0.2) is 34.3 Å². The highest BCUT2D eigenvalue weighted by atomic mass is 16.5. The highest BCUT2D eigenvalue weighted by Crippen LogP contribution is 2.53. The summed E-state index contributed by atoms with van der Waals surface area (Å²) in [7, 11) is 0. The summed E-state index contributed by atoms with van der Waals surface area (Å²) in [4.78, 5) is 39.5. The summed E-state index contributed by atoms with van der Waals surface area (Å²) >= 11 is 0. The van der Waals surface area contributed by atoms with Gasteiger partial charge >= 0.3 is 5.97 Å². The van der Waals surface area contributed by atoms with Crippen LogP contribution in [0.1, 0.15) is 74.1 Å². The first-order valence-corrected chi connectivity index (χ1v) is 11.1. The third kappa shape index (κ3) is 4.40. The van der Waals surface area contributed by atoms with E-state index < -0.39 is 28.9 Å². The largest absolute Gasteiger partial charge is 0.483 e. The summed E-state index contributed by atoms with van der Waals surface area (Å²) < 4.78 is 11.6. The molecule has 31 heavy (non-hydrogen) atoms. The number of carbonyl (C=O) groups excluding carboxylic acids is 3. The zero-order valence-corrected chi connectivity index (χ0v) is 19.6. The summed E-state index contributed by atoms with van der Waals surface area (Å²) in [6, 6.07) is 0. The third-order valence-corrected chi connectivity index (χ3v) is 6.59. The summed E-state index contributed by atoms with van der Waals surface area (Å²) in [5.74, 6) is -2.56. The van der Waals surface area contributed by atoms with Gasteiger partial charge in [0.25, 0.3) is 5.78 Å². The fourth-order valence-electron chi connectivity index (χ4n) is 4.85. The first kappa shape index (κ1) is 23.5. The van der Waals surface area contributed by atoms with E-state index in [0.29, 0.717) is 24.8 Å². The second-order valence-electron chi connectivity index (χ2n) is 10.4. The lowest BCUT2D eigenvalue weighted by Gasteiger charge is -2.51. The minimum absolute atomic E-state index is 0.00907. The normalized spacial score (nSPS) is 28.4. The van der Waals surface area contributed by atoms with Crippen molar-refractivity contribution in [2.75, 3.05) is 0 Å². The van der Waals surface area contributed by atoms with Crippen molar-refractivity contribution in [2.45, 2.75) is 85.4 Å². The molecule has 0 radical (unpaired) electrons. The number of ketones is 2. The second-order valence-corrected chi connectivity index (χ2v) is 10.4. The van der Waals surface area contributed by atoms with Crippen molar-refractivity contribution in [3.63, 3.8) is 0 Å². The van der Waals surface area contributed by atoms with E-state index in [-0.39, 0.29) is 41.1 Å². The second kappa shape index (κ2) is 8.05. The van der Waals surface area contributed by atoms with Crippen LogP contribution in [0, 0.1) is 17.8 Å². The molecular weight excluding hydrogens is 396 g/mol. The van der Waals surface area contributed by atoms with Crippen molar-refractivity contribution < 1.29 is 29.0 Å². The van der Waals surface area contributed by atoms with Gasteiger partial charge in [-0.05, 0) is 66.2 Å². The van der Waals surface area contributed by atoms with Crippen LogP contribution in [0.2, 0.25) is 0 Å². The van der Waals surface area contributed by atoms with Crippen molar-refractivity contribution >= 4 is 17.5 Å². The zero-order chi connectivity index (χ0) is 23.3. The topological polar surface area (TPSA) is 89.9 Å². The van der Waals surface area contributed by atoms with E-state index in [4.69, 9.17) is 9.47 Å². The van der Waals surface area contributed by atoms with E-state index in [0.717, 1.165) is 5.57 Å². The lowest BCUT2D eigenvalue weighted by molar-refractivity contribution is -0.149. The van der Waals surface area contributed by atoms with Crippen molar-refractivity contribution in [2.24, 2.45) is 17.8 Å². The van der Waals surface area contributed by atoms with Gasteiger partial charge in [-0.1, -0.05) is 25.5 Å². The molecule has 0 unspecified atom stereocenters. The van der Waals surface area contributed by atoms with Crippen LogP contribution >= 0.6 is 0 Å². The van der Waals surface area contributed by atoms with Crippen molar-refractivity contribution in [3.05, 3.63) is 34.3 Å². The SMILES string of the molecule is CC(C)=CCC1=C(OC(=O)C(C)C)C(=O)C2=C(C1=O)[C@H]1C[C@](C)(CC[C@H]1C(C)(C)O)O2. The van der Waals surface area contributed by atoms with Gasteiger partial charge in [-0.25, -0.2) is 0 Å². The minimum Gasteiger partial charge on any atom is -0.483 e. The van der Waals surface area contributed by atoms with E-state index in [9.17, 15) is 19.5 Å². The Morgan fingerprint density at radius 2 is 1.94 bits per heavy atom. The number of rotatable bonds is 5. The van der Waals surface area contributed by atoms with Crippen molar-refractivity contribution in [3.8, 4) is 0 Å². The number of esters is 1. The molecule has 1 fully saturated rings. The smallest absolute Gasteiger partial charge is 0.313 e. The van der Waals surface area contributed by atoms with Gasteiger partial charge in [-0.2, -0.15) is 0 Å². The Morgan fingerprint density at radius 3 is 2.48 bits per heavy atom. The van der Waals surface area contributed by atoms with Gasteiger partial charge < -0.3 is 14.6 Å². The molecule has 0 aromatic rings. The number of hydrogen-bond donors (Lipinski definition) is 1. The van der Waals surface area contributed by atoms with Gasteiger partial charge in [0, 0.05) is 11.5 Å². The molecule has 0 aromatic heterocycles. The van der Waals surface area contributed by atoms with Gasteiger partial charge in [0.1, 0.15) is 5.60 Å². The maximum Gasteiger partial charge on any atom is 0.313 e. The molecule has 2 bridgehead atoms. The molecule has 170 valence electrons. The van der Waals surface area contributed by atoms with Gasteiger partial charge in [0.05, 0.1) is 17.1 Å². The molecule has 0 spiro atoms. The number of hydrogen-bond acceptors (Lipinski definition) is 6. The van der Waals surface area contributed by atoms with Crippen LogP contribution in [0.25, 0.3) is 0 Å². The molecule has 1 N–H and O–H groups in total. The van der Waals surface area contributed by atoms with Crippen LogP contribution < -0.4 is 0 Å². The molecule has 6 heteroatoms. The minimum atomic E-state index is -1.00. The Labute approximate surface area is 184 Å². The number of allylic oxidation sites excluding steroid dienone is 4. The van der Waals surface area contributed by atoms with Gasteiger partial charge in [-0.3, -0.25) is 14.4 Å². The Hall–Kier alpha value is -2.21.